The van der Waals surface area contributed by atoms with Crippen LogP contribution in [-0.4, -0.2) is 17.7 Å². The summed E-state index contributed by atoms with van der Waals surface area (Å²) in [7, 11) is 0. The number of aromatic carboxylic acids is 1. The van der Waals surface area contributed by atoms with Gasteiger partial charge >= 0.3 is 5.97 Å². The summed E-state index contributed by atoms with van der Waals surface area (Å²) in [4.78, 5) is 10.7. The molecule has 0 spiro atoms. The van der Waals surface area contributed by atoms with Crippen molar-refractivity contribution >= 4 is 21.9 Å². The number of carboxylic acid groups (broad SMARTS) is 1. The van der Waals surface area contributed by atoms with E-state index < -0.39 is 5.97 Å². The average Bonchev–Trinajstić information content (AvgIpc) is 2.30. The van der Waals surface area contributed by atoms with Crippen LogP contribution in [0.15, 0.2) is 22.7 Å². The van der Waals surface area contributed by atoms with Crippen LogP contribution in [0.25, 0.3) is 0 Å². The summed E-state index contributed by atoms with van der Waals surface area (Å²) in [5, 5.41) is 8.81. The monoisotopic (exact) mass is 300 g/mol. The number of hydrogen-bond donors (Lipinski definition) is 1. The average molecular weight is 301 g/mol. The van der Waals surface area contributed by atoms with Crippen LogP contribution in [0, 0.1) is 0 Å². The van der Waals surface area contributed by atoms with E-state index in [1.165, 1.54) is 19.3 Å². The Morgan fingerprint density at radius 1 is 1.35 bits per heavy atom. The molecule has 0 radical (unpaired) electrons. The molecule has 1 aromatic carbocycles. The quantitative estimate of drug-likeness (QED) is 0.771. The number of rotatable bonds is 7. The molecule has 0 saturated heterocycles. The van der Waals surface area contributed by atoms with Gasteiger partial charge in [-0.15, -0.1) is 0 Å². The van der Waals surface area contributed by atoms with E-state index in [0.29, 0.717) is 16.8 Å². The number of hydrogen-bond acceptors (Lipinski definition) is 2. The predicted molar refractivity (Wildman–Crippen MR) is 70.7 cm³/mol. The van der Waals surface area contributed by atoms with E-state index in [4.69, 9.17) is 9.84 Å². The summed E-state index contributed by atoms with van der Waals surface area (Å²) in [5.41, 5.74) is 0.259. The van der Waals surface area contributed by atoms with Gasteiger partial charge in [0.05, 0.1) is 16.6 Å². The molecule has 0 saturated carbocycles. The van der Waals surface area contributed by atoms with Gasteiger partial charge in [0.1, 0.15) is 5.75 Å². The van der Waals surface area contributed by atoms with Gasteiger partial charge in [-0.3, -0.25) is 0 Å². The Kier molecular flexibility index (Phi) is 6.05. The van der Waals surface area contributed by atoms with Crippen LogP contribution in [-0.2, 0) is 0 Å². The van der Waals surface area contributed by atoms with E-state index in [-0.39, 0.29) is 5.56 Å². The van der Waals surface area contributed by atoms with E-state index in [1.54, 1.807) is 18.2 Å². The Morgan fingerprint density at radius 3 is 2.71 bits per heavy atom. The van der Waals surface area contributed by atoms with Gasteiger partial charge < -0.3 is 9.84 Å². The molecule has 17 heavy (non-hydrogen) atoms. The summed E-state index contributed by atoms with van der Waals surface area (Å²) in [6.45, 7) is 2.84. The van der Waals surface area contributed by atoms with E-state index in [9.17, 15) is 4.79 Å². The molecule has 94 valence electrons. The Hall–Kier alpha value is -1.03. The molecule has 0 aliphatic carbocycles. The van der Waals surface area contributed by atoms with Gasteiger partial charge in [-0.1, -0.05) is 26.2 Å². The lowest BCUT2D eigenvalue weighted by Crippen LogP contribution is -2.00. The van der Waals surface area contributed by atoms with Gasteiger partial charge in [-0.05, 0) is 40.5 Å². The molecule has 3 nitrogen and oxygen atoms in total. The highest BCUT2D eigenvalue weighted by atomic mass is 79.9. The van der Waals surface area contributed by atoms with Crippen LogP contribution in [0.5, 0.6) is 5.75 Å². The van der Waals surface area contributed by atoms with Gasteiger partial charge in [0, 0.05) is 0 Å². The maximum absolute atomic E-state index is 10.7. The second kappa shape index (κ2) is 7.33. The molecule has 4 heteroatoms. The summed E-state index contributed by atoms with van der Waals surface area (Å²) in [6, 6.07) is 4.80. The van der Waals surface area contributed by atoms with Crippen molar-refractivity contribution in [1.82, 2.24) is 0 Å². The predicted octanol–water partition coefficient (Wildman–Crippen LogP) is 4.11. The third-order valence-electron chi connectivity index (χ3n) is 2.43. The Bertz CT molecular complexity index is 377. The lowest BCUT2D eigenvalue weighted by Gasteiger charge is -2.08. The summed E-state index contributed by atoms with van der Waals surface area (Å²) in [6.07, 6.45) is 4.63. The van der Waals surface area contributed by atoms with Crippen LogP contribution in [0.4, 0.5) is 0 Å². The highest BCUT2D eigenvalue weighted by molar-refractivity contribution is 9.10. The summed E-state index contributed by atoms with van der Waals surface area (Å²) < 4.78 is 6.27. The van der Waals surface area contributed by atoms with Crippen LogP contribution < -0.4 is 4.74 Å². The Balaban J connectivity index is 2.46. The van der Waals surface area contributed by atoms with Crippen molar-refractivity contribution in [2.24, 2.45) is 0 Å². The summed E-state index contributed by atoms with van der Waals surface area (Å²) in [5.74, 6) is -0.230. The molecule has 0 unspecified atom stereocenters. The van der Waals surface area contributed by atoms with Gasteiger partial charge in [0.25, 0.3) is 0 Å². The molecule has 1 rings (SSSR count). The lowest BCUT2D eigenvalue weighted by atomic mass is 10.2. The summed E-state index contributed by atoms with van der Waals surface area (Å²) >= 11 is 3.31. The van der Waals surface area contributed by atoms with Gasteiger partial charge in [0.2, 0.25) is 0 Å². The zero-order valence-electron chi connectivity index (χ0n) is 9.91. The van der Waals surface area contributed by atoms with Crippen LogP contribution in [0.2, 0.25) is 0 Å². The van der Waals surface area contributed by atoms with Crippen molar-refractivity contribution in [3.8, 4) is 5.75 Å². The largest absolute Gasteiger partial charge is 0.492 e. The van der Waals surface area contributed by atoms with E-state index in [1.807, 2.05) is 0 Å². The molecule has 0 aromatic heterocycles. The third-order valence-corrected chi connectivity index (χ3v) is 3.05. The first kappa shape index (κ1) is 14.0. The zero-order valence-corrected chi connectivity index (χ0v) is 11.5. The molecule has 1 N–H and O–H groups in total. The Labute approximate surface area is 110 Å². The van der Waals surface area contributed by atoms with E-state index in [2.05, 4.69) is 22.9 Å². The zero-order chi connectivity index (χ0) is 12.7. The maximum atomic E-state index is 10.7. The molecule has 0 amide bonds. The molecule has 0 fully saturated rings. The minimum Gasteiger partial charge on any atom is -0.492 e. The normalized spacial score (nSPS) is 10.2. The van der Waals surface area contributed by atoms with E-state index >= 15 is 0 Å². The topological polar surface area (TPSA) is 46.5 Å². The lowest BCUT2D eigenvalue weighted by molar-refractivity contribution is 0.0697. The highest BCUT2D eigenvalue weighted by Crippen LogP contribution is 2.26. The van der Waals surface area contributed by atoms with Crippen molar-refractivity contribution in [3.05, 3.63) is 28.2 Å². The fourth-order valence-electron chi connectivity index (χ4n) is 1.46. The SMILES string of the molecule is CCCCCCOc1ccc(C(=O)O)cc1Br. The van der Waals surface area contributed by atoms with E-state index in [0.717, 1.165) is 6.42 Å². The number of halogens is 1. The standard InChI is InChI=1S/C13H17BrO3/c1-2-3-4-5-8-17-12-7-6-10(13(15)16)9-11(12)14/h6-7,9H,2-5,8H2,1H3,(H,15,16). The van der Waals surface area contributed by atoms with Gasteiger partial charge in [0.15, 0.2) is 0 Å². The second-order valence-corrected chi connectivity index (χ2v) is 4.71. The van der Waals surface area contributed by atoms with Crippen molar-refractivity contribution < 1.29 is 14.6 Å². The van der Waals surface area contributed by atoms with Gasteiger partial charge in [-0.2, -0.15) is 0 Å². The smallest absolute Gasteiger partial charge is 0.335 e. The van der Waals surface area contributed by atoms with Crippen molar-refractivity contribution in [1.29, 1.82) is 0 Å². The molecule has 0 atom stereocenters. The maximum Gasteiger partial charge on any atom is 0.335 e. The fraction of sp³-hybridized carbons (Fsp3) is 0.462. The molecule has 0 aliphatic heterocycles. The van der Waals surface area contributed by atoms with Crippen LogP contribution in [0.3, 0.4) is 0 Å². The van der Waals surface area contributed by atoms with Crippen molar-refractivity contribution in [2.75, 3.05) is 6.61 Å². The molecular weight excluding hydrogens is 284 g/mol. The third kappa shape index (κ3) is 4.77. The first-order valence-electron chi connectivity index (χ1n) is 5.80. The molecule has 0 heterocycles. The first-order valence-corrected chi connectivity index (χ1v) is 6.60. The van der Waals surface area contributed by atoms with Gasteiger partial charge in [-0.25, -0.2) is 4.79 Å². The van der Waals surface area contributed by atoms with Crippen molar-refractivity contribution in [3.63, 3.8) is 0 Å². The fourth-order valence-corrected chi connectivity index (χ4v) is 1.96. The first-order chi connectivity index (χ1) is 8.15. The second-order valence-electron chi connectivity index (χ2n) is 3.86. The highest BCUT2D eigenvalue weighted by Gasteiger charge is 2.07. The minimum atomic E-state index is -0.930. The van der Waals surface area contributed by atoms with Crippen LogP contribution in [0.1, 0.15) is 43.0 Å². The molecular formula is C13H17BrO3. The molecule has 0 aliphatic rings. The molecule has 1 aromatic rings. The van der Waals surface area contributed by atoms with Crippen molar-refractivity contribution in [2.45, 2.75) is 32.6 Å². The number of benzene rings is 1. The minimum absolute atomic E-state index is 0.259. The van der Waals surface area contributed by atoms with Crippen LogP contribution >= 0.6 is 15.9 Å². The number of carboxylic acids is 1. The molecule has 0 bridgehead atoms. The number of carbonyl (C=O) groups is 1. The number of unbranched alkanes of at least 4 members (excludes halogenated alkanes) is 3. The Morgan fingerprint density at radius 2 is 2.12 bits per heavy atom. The number of ether oxygens (including phenoxy) is 1.